The van der Waals surface area contributed by atoms with Crippen molar-refractivity contribution in [3.8, 4) is 0 Å². The monoisotopic (exact) mass is 458 g/mol. The maximum atomic E-state index is 14.1. The van der Waals surface area contributed by atoms with E-state index in [4.69, 9.17) is 4.43 Å². The Labute approximate surface area is 190 Å². The van der Waals surface area contributed by atoms with Crippen molar-refractivity contribution in [1.29, 1.82) is 0 Å². The van der Waals surface area contributed by atoms with Crippen molar-refractivity contribution in [1.82, 2.24) is 0 Å². The predicted molar refractivity (Wildman–Crippen MR) is 134 cm³/mol. The number of benzene rings is 2. The molecule has 1 N–H and O–H groups in total. The molecule has 1 aliphatic carbocycles. The van der Waals surface area contributed by atoms with Crippen molar-refractivity contribution in [3.63, 3.8) is 0 Å². The molecule has 0 aromatic heterocycles. The second-order valence-electron chi connectivity index (χ2n) is 10.5. The molecule has 2 unspecified atom stereocenters. The highest BCUT2D eigenvalue weighted by atomic mass is 31.1. The van der Waals surface area contributed by atoms with E-state index in [0.717, 1.165) is 30.1 Å². The Hall–Kier alpha value is -1.19. The summed E-state index contributed by atoms with van der Waals surface area (Å²) in [6, 6.07) is 19.8. The number of aliphatic hydroxyl groups excluding tert-OH is 1. The minimum Gasteiger partial charge on any atom is -0.414 e. The smallest absolute Gasteiger partial charge is 0.192 e. The fraction of sp³-hybridized carbons (Fsp3) is 0.538. The van der Waals surface area contributed by atoms with E-state index in [-0.39, 0.29) is 11.1 Å². The van der Waals surface area contributed by atoms with Crippen molar-refractivity contribution in [2.45, 2.75) is 88.4 Å². The van der Waals surface area contributed by atoms with Gasteiger partial charge in [0.05, 0.1) is 11.3 Å². The number of rotatable bonds is 5. The van der Waals surface area contributed by atoms with E-state index in [9.17, 15) is 9.67 Å². The number of hydrogen-bond acceptors (Lipinski definition) is 3. The summed E-state index contributed by atoms with van der Waals surface area (Å²) in [5, 5.41) is 11.7. The van der Waals surface area contributed by atoms with Crippen LogP contribution in [0.15, 0.2) is 60.7 Å². The highest BCUT2D eigenvalue weighted by Gasteiger charge is 2.47. The lowest BCUT2D eigenvalue weighted by Gasteiger charge is -2.44. The molecule has 1 fully saturated rings. The van der Waals surface area contributed by atoms with Gasteiger partial charge in [-0.15, -0.1) is 0 Å². The summed E-state index contributed by atoms with van der Waals surface area (Å²) in [7, 11) is -4.20. The van der Waals surface area contributed by atoms with E-state index < -0.39 is 27.4 Å². The Bertz CT molecular complexity index is 863. The Balaban J connectivity index is 1.98. The standard InChI is InChI=1S/C26H39O3PSi/c1-25(2,3)31(4,5)29-22-15-12-18-24(27)26(20-19-22,21-13-8-6-9-14-21)30(28)23-16-10-7-11-17-23/h6-11,13-14,16-17,22,24,27,30H,12,15,18-20H2,1-5H3/t22?,24-,26-/m0/s1. The van der Waals surface area contributed by atoms with Gasteiger partial charge in [0.25, 0.3) is 0 Å². The van der Waals surface area contributed by atoms with Gasteiger partial charge in [-0.25, -0.2) is 0 Å². The lowest BCUT2D eigenvalue weighted by molar-refractivity contribution is 0.0685. The average Bonchev–Trinajstić information content (AvgIpc) is 2.73. The third-order valence-electron chi connectivity index (χ3n) is 7.43. The lowest BCUT2D eigenvalue weighted by atomic mass is 9.82. The van der Waals surface area contributed by atoms with Gasteiger partial charge in [0.2, 0.25) is 0 Å². The molecule has 2 aromatic carbocycles. The fourth-order valence-electron chi connectivity index (χ4n) is 4.51. The SMILES string of the molecule is CC(C)(C)[Si](C)(C)OC1CCC[C@H](O)[C@](c2ccccc2)([PH](=O)c2ccccc2)CC1. The Morgan fingerprint density at radius 3 is 2.13 bits per heavy atom. The zero-order valence-electron chi connectivity index (χ0n) is 19.7. The summed E-state index contributed by atoms with van der Waals surface area (Å²) in [5.74, 6) is 0. The molecule has 3 rings (SSSR count). The largest absolute Gasteiger partial charge is 0.414 e. The minimum atomic E-state index is -2.31. The number of aliphatic hydroxyl groups is 1. The molecule has 5 heteroatoms. The summed E-state index contributed by atoms with van der Waals surface area (Å²) in [6.45, 7) is 11.4. The van der Waals surface area contributed by atoms with Gasteiger partial charge >= 0.3 is 0 Å². The molecule has 3 nitrogen and oxygen atoms in total. The van der Waals surface area contributed by atoms with Crippen LogP contribution in [-0.4, -0.2) is 25.6 Å². The van der Waals surface area contributed by atoms with E-state index in [1.807, 2.05) is 60.7 Å². The van der Waals surface area contributed by atoms with Crippen LogP contribution in [0.25, 0.3) is 0 Å². The van der Waals surface area contributed by atoms with Crippen LogP contribution in [0.5, 0.6) is 0 Å². The maximum absolute atomic E-state index is 14.1. The fourth-order valence-corrected chi connectivity index (χ4v) is 8.19. The predicted octanol–water partition coefficient (Wildman–Crippen LogP) is 6.48. The van der Waals surface area contributed by atoms with E-state index >= 15 is 0 Å². The highest BCUT2D eigenvalue weighted by molar-refractivity contribution is 7.54. The molecule has 0 radical (unpaired) electrons. The van der Waals surface area contributed by atoms with Gasteiger partial charge in [-0.1, -0.05) is 81.4 Å². The van der Waals surface area contributed by atoms with Crippen LogP contribution < -0.4 is 5.30 Å². The van der Waals surface area contributed by atoms with Crippen LogP contribution in [0.3, 0.4) is 0 Å². The lowest BCUT2D eigenvalue weighted by Crippen LogP contribution is -2.46. The number of hydrogen-bond donors (Lipinski definition) is 1. The van der Waals surface area contributed by atoms with E-state index in [1.165, 1.54) is 0 Å². The van der Waals surface area contributed by atoms with Crippen LogP contribution in [0.4, 0.5) is 0 Å². The molecule has 170 valence electrons. The van der Waals surface area contributed by atoms with Crippen LogP contribution in [0, 0.1) is 0 Å². The molecule has 0 bridgehead atoms. The molecule has 0 saturated heterocycles. The average molecular weight is 459 g/mol. The summed E-state index contributed by atoms with van der Waals surface area (Å²) in [6.07, 6.45) is 3.51. The van der Waals surface area contributed by atoms with Gasteiger partial charge in [-0.2, -0.15) is 0 Å². The second kappa shape index (κ2) is 9.75. The van der Waals surface area contributed by atoms with E-state index in [0.29, 0.717) is 12.8 Å². The van der Waals surface area contributed by atoms with Gasteiger partial charge in [0.1, 0.15) is 7.80 Å². The third kappa shape index (κ3) is 5.25. The molecule has 4 atom stereocenters. The highest BCUT2D eigenvalue weighted by Crippen LogP contribution is 2.55. The maximum Gasteiger partial charge on any atom is 0.192 e. The van der Waals surface area contributed by atoms with E-state index in [2.05, 4.69) is 33.9 Å². The van der Waals surface area contributed by atoms with Crippen molar-refractivity contribution in [2.75, 3.05) is 0 Å². The normalized spacial score (nSPS) is 26.6. The molecule has 0 aliphatic heterocycles. The van der Waals surface area contributed by atoms with E-state index in [1.54, 1.807) is 0 Å². The first kappa shape index (κ1) is 24.4. The molecular weight excluding hydrogens is 419 g/mol. The van der Waals surface area contributed by atoms with Crippen LogP contribution >= 0.6 is 7.80 Å². The molecule has 0 spiro atoms. The van der Waals surface area contributed by atoms with Gasteiger partial charge in [-0.3, -0.25) is 0 Å². The summed E-state index contributed by atoms with van der Waals surface area (Å²) >= 11 is 0. The molecule has 31 heavy (non-hydrogen) atoms. The second-order valence-corrected chi connectivity index (χ2v) is 17.4. The first-order valence-corrected chi connectivity index (χ1v) is 15.9. The van der Waals surface area contributed by atoms with Crippen LogP contribution in [0.2, 0.25) is 18.1 Å². The molecule has 0 amide bonds. The first-order valence-electron chi connectivity index (χ1n) is 11.6. The zero-order valence-corrected chi connectivity index (χ0v) is 21.7. The zero-order chi connectivity index (χ0) is 22.7. The van der Waals surface area contributed by atoms with Crippen molar-refractivity contribution >= 4 is 21.4 Å². The minimum absolute atomic E-state index is 0.155. The Morgan fingerprint density at radius 2 is 1.55 bits per heavy atom. The van der Waals surface area contributed by atoms with Crippen molar-refractivity contribution in [3.05, 3.63) is 66.2 Å². The Kier molecular flexibility index (Phi) is 7.69. The molecule has 1 saturated carbocycles. The summed E-state index contributed by atoms with van der Waals surface area (Å²) in [4.78, 5) is 0. The molecule has 1 aliphatic rings. The van der Waals surface area contributed by atoms with Gasteiger partial charge in [0, 0.05) is 11.4 Å². The summed E-state index contributed by atoms with van der Waals surface area (Å²) in [5.41, 5.74) is 0.989. The van der Waals surface area contributed by atoms with Crippen LogP contribution in [0.1, 0.15) is 58.4 Å². The van der Waals surface area contributed by atoms with Crippen molar-refractivity contribution in [2.24, 2.45) is 0 Å². The van der Waals surface area contributed by atoms with Gasteiger partial charge in [-0.05, 0) is 55.8 Å². The summed E-state index contributed by atoms with van der Waals surface area (Å²) < 4.78 is 20.9. The van der Waals surface area contributed by atoms with Gasteiger partial charge in [0.15, 0.2) is 8.32 Å². The first-order chi connectivity index (χ1) is 14.6. The molecule has 0 heterocycles. The molecular formula is C26H39O3PSi. The third-order valence-corrected chi connectivity index (χ3v) is 14.5. The van der Waals surface area contributed by atoms with Gasteiger partial charge < -0.3 is 14.1 Å². The topological polar surface area (TPSA) is 46.5 Å². The Morgan fingerprint density at radius 1 is 0.968 bits per heavy atom. The quantitative estimate of drug-likeness (QED) is 0.412. The molecule has 2 aromatic rings. The van der Waals surface area contributed by atoms with Crippen LogP contribution in [-0.2, 0) is 14.1 Å². The van der Waals surface area contributed by atoms with Crippen molar-refractivity contribution < 1.29 is 14.1 Å².